The van der Waals surface area contributed by atoms with Gasteiger partial charge in [-0.15, -0.1) is 29.6 Å². The van der Waals surface area contributed by atoms with Crippen molar-refractivity contribution in [3.63, 3.8) is 0 Å². The third kappa shape index (κ3) is 6.94. The van der Waals surface area contributed by atoms with Gasteiger partial charge in [0.2, 0.25) is 0 Å². The number of benzene rings is 3. The Hall–Kier alpha value is -5.04. The molecule has 0 aliphatic rings. The first-order valence-corrected chi connectivity index (χ1v) is 14.1. The molecule has 1 N–H and O–H groups in total. The topological polar surface area (TPSA) is 86.3 Å². The zero-order valence-corrected chi connectivity index (χ0v) is 24.8. The summed E-state index contributed by atoms with van der Waals surface area (Å²) in [6.07, 6.45) is -2.42. The molecule has 0 aliphatic heterocycles. The number of carbonyl (C=O) groups excluding carboxylic acids is 1. The van der Waals surface area contributed by atoms with Gasteiger partial charge in [0.25, 0.3) is 0 Å². The molecule has 2 heterocycles. The van der Waals surface area contributed by atoms with Gasteiger partial charge in [0.05, 0.1) is 11.4 Å². The number of urea groups is 1. The van der Waals surface area contributed by atoms with E-state index in [9.17, 15) is 22.4 Å². The second-order valence-electron chi connectivity index (χ2n) is 9.93. The molecule has 2 aromatic heterocycles. The van der Waals surface area contributed by atoms with Crippen LogP contribution in [0, 0.1) is 27.7 Å². The summed E-state index contributed by atoms with van der Waals surface area (Å²) < 4.78 is 59.3. The highest BCUT2D eigenvalue weighted by atomic mass is 32.1. The van der Waals surface area contributed by atoms with Crippen LogP contribution in [-0.4, -0.2) is 31.7 Å². The van der Waals surface area contributed by atoms with Crippen molar-refractivity contribution in [2.45, 2.75) is 34.1 Å². The van der Waals surface area contributed by atoms with Gasteiger partial charge in [-0.05, 0) is 63.1 Å². The number of halogens is 4. The standard InChI is InChI=1S/C31H26F4N6O2S/c1-18-13-19(2)27(20(3)14-18)41-21(4)16-44-30(41)38-29(42)36-15-26(32)22-5-7-23(8-6-22)28-37-17-40(39-28)24-9-11-25(12-10-24)43-31(33,34)35/h5-17H,1-4H3,(H,36,42)/b26-15-,38-30-. The lowest BCUT2D eigenvalue weighted by molar-refractivity contribution is -0.274. The zero-order chi connectivity index (χ0) is 31.6. The predicted molar refractivity (Wildman–Crippen MR) is 159 cm³/mol. The van der Waals surface area contributed by atoms with Crippen molar-refractivity contribution in [1.82, 2.24) is 24.6 Å². The molecule has 0 aliphatic carbocycles. The number of ether oxygens (including phenoxy) is 1. The molecule has 226 valence electrons. The van der Waals surface area contributed by atoms with Crippen molar-refractivity contribution in [1.29, 1.82) is 0 Å². The molecule has 5 aromatic rings. The van der Waals surface area contributed by atoms with Crippen molar-refractivity contribution in [2.24, 2.45) is 4.99 Å². The molecular weight excluding hydrogens is 596 g/mol. The number of carbonyl (C=O) groups is 1. The number of nitrogens with one attached hydrogen (secondary N) is 1. The number of alkyl halides is 3. The molecule has 13 heteroatoms. The number of amides is 2. The summed E-state index contributed by atoms with van der Waals surface area (Å²) in [5.74, 6) is -0.711. The monoisotopic (exact) mass is 622 g/mol. The van der Waals surface area contributed by atoms with Crippen molar-refractivity contribution < 1.29 is 27.1 Å². The van der Waals surface area contributed by atoms with E-state index in [0.717, 1.165) is 34.3 Å². The van der Waals surface area contributed by atoms with E-state index < -0.39 is 18.2 Å². The van der Waals surface area contributed by atoms with E-state index in [4.69, 9.17) is 0 Å². The fourth-order valence-corrected chi connectivity index (χ4v) is 5.55. The van der Waals surface area contributed by atoms with Crippen LogP contribution in [0.15, 0.2) is 83.6 Å². The van der Waals surface area contributed by atoms with Crippen LogP contribution >= 0.6 is 11.3 Å². The smallest absolute Gasteiger partial charge is 0.406 e. The lowest BCUT2D eigenvalue weighted by atomic mass is 10.0. The quantitative estimate of drug-likeness (QED) is 0.199. The highest BCUT2D eigenvalue weighted by Gasteiger charge is 2.31. The second-order valence-corrected chi connectivity index (χ2v) is 10.8. The maximum atomic E-state index is 14.9. The minimum atomic E-state index is -4.78. The highest BCUT2D eigenvalue weighted by molar-refractivity contribution is 7.07. The van der Waals surface area contributed by atoms with E-state index in [1.165, 1.54) is 58.7 Å². The Morgan fingerprint density at radius 2 is 1.66 bits per heavy atom. The van der Waals surface area contributed by atoms with Gasteiger partial charge in [0.1, 0.15) is 17.9 Å². The number of hydrogen-bond donors (Lipinski definition) is 1. The maximum Gasteiger partial charge on any atom is 0.573 e. The van der Waals surface area contributed by atoms with Crippen LogP contribution in [0.5, 0.6) is 5.75 Å². The zero-order valence-electron chi connectivity index (χ0n) is 24.0. The van der Waals surface area contributed by atoms with Gasteiger partial charge in [0.15, 0.2) is 10.6 Å². The summed E-state index contributed by atoms with van der Waals surface area (Å²) in [6.45, 7) is 7.98. The number of thiazole rings is 1. The summed E-state index contributed by atoms with van der Waals surface area (Å²) in [4.78, 5) is 21.5. The van der Waals surface area contributed by atoms with E-state index >= 15 is 0 Å². The van der Waals surface area contributed by atoms with Crippen LogP contribution in [0.3, 0.4) is 0 Å². The molecule has 0 saturated heterocycles. The lowest BCUT2D eigenvalue weighted by Gasteiger charge is -2.14. The maximum absolute atomic E-state index is 14.9. The third-order valence-electron chi connectivity index (χ3n) is 6.50. The van der Waals surface area contributed by atoms with Crippen LogP contribution < -0.4 is 14.9 Å². The van der Waals surface area contributed by atoms with Crippen LogP contribution in [-0.2, 0) is 0 Å². The number of nitrogens with zero attached hydrogens (tertiary/aromatic N) is 5. The van der Waals surface area contributed by atoms with Gasteiger partial charge in [-0.2, -0.15) is 4.99 Å². The van der Waals surface area contributed by atoms with Crippen LogP contribution in [0.2, 0.25) is 0 Å². The number of aromatic nitrogens is 4. The molecular formula is C31H26F4N6O2S. The predicted octanol–water partition coefficient (Wildman–Crippen LogP) is 7.50. The minimum absolute atomic E-state index is 0.210. The lowest BCUT2D eigenvalue weighted by Crippen LogP contribution is -2.22. The molecule has 0 saturated carbocycles. The van der Waals surface area contributed by atoms with Gasteiger partial charge in [0, 0.05) is 28.4 Å². The Labute approximate surface area is 253 Å². The van der Waals surface area contributed by atoms with Gasteiger partial charge < -0.3 is 10.1 Å². The molecule has 44 heavy (non-hydrogen) atoms. The van der Waals surface area contributed by atoms with Gasteiger partial charge in [-0.1, -0.05) is 42.0 Å². The van der Waals surface area contributed by atoms with E-state index in [1.807, 2.05) is 37.6 Å². The Bertz CT molecular complexity index is 1900. The molecule has 2 amide bonds. The molecule has 0 bridgehead atoms. The molecule has 0 radical (unpaired) electrons. The Morgan fingerprint density at radius 1 is 1.00 bits per heavy atom. The van der Waals surface area contributed by atoms with Gasteiger partial charge >= 0.3 is 12.4 Å². The summed E-state index contributed by atoms with van der Waals surface area (Å²) in [6, 6.07) is 14.8. The average Bonchev–Trinajstić information content (AvgIpc) is 3.59. The molecule has 8 nitrogen and oxygen atoms in total. The number of rotatable bonds is 6. The Kier molecular flexibility index (Phi) is 8.50. The van der Waals surface area contributed by atoms with Crippen molar-refractivity contribution in [3.05, 3.63) is 111 Å². The highest BCUT2D eigenvalue weighted by Crippen LogP contribution is 2.25. The first-order chi connectivity index (χ1) is 20.9. The number of aryl methyl sites for hydroxylation is 4. The third-order valence-corrected chi connectivity index (χ3v) is 7.45. The summed E-state index contributed by atoms with van der Waals surface area (Å²) in [5.41, 5.74) is 6.38. The minimum Gasteiger partial charge on any atom is -0.406 e. The first-order valence-electron chi connectivity index (χ1n) is 13.2. The Balaban J connectivity index is 1.27. The van der Waals surface area contributed by atoms with Crippen LogP contribution in [0.4, 0.5) is 22.4 Å². The molecule has 0 atom stereocenters. The SMILES string of the molecule is Cc1cc(C)c(-n2c(C)cs/c2=N\C(=O)N/C=C(\F)c2ccc(-c3ncn(-c4ccc(OC(F)(F)F)cc4)n3)cc2)c(C)c1. The van der Waals surface area contributed by atoms with Gasteiger partial charge in [-0.25, -0.2) is 18.9 Å². The second kappa shape index (κ2) is 12.3. The first kappa shape index (κ1) is 30.4. The normalized spacial score (nSPS) is 12.5. The fraction of sp³-hybridized carbons (Fsp3) is 0.161. The fourth-order valence-electron chi connectivity index (χ4n) is 4.69. The Morgan fingerprint density at radius 3 is 2.30 bits per heavy atom. The van der Waals surface area contributed by atoms with E-state index in [1.54, 1.807) is 12.1 Å². The number of hydrogen-bond acceptors (Lipinski definition) is 5. The molecule has 0 spiro atoms. The van der Waals surface area contributed by atoms with Crippen molar-refractivity contribution in [2.75, 3.05) is 0 Å². The summed E-state index contributed by atoms with van der Waals surface area (Å²) >= 11 is 1.31. The van der Waals surface area contributed by atoms with Crippen LogP contribution in [0.1, 0.15) is 27.9 Å². The van der Waals surface area contributed by atoms with E-state index in [-0.39, 0.29) is 11.3 Å². The largest absolute Gasteiger partial charge is 0.573 e. The summed E-state index contributed by atoms with van der Waals surface area (Å²) in [7, 11) is 0. The summed E-state index contributed by atoms with van der Waals surface area (Å²) in [5, 5.41) is 8.64. The molecule has 0 unspecified atom stereocenters. The van der Waals surface area contributed by atoms with E-state index in [0.29, 0.717) is 21.9 Å². The van der Waals surface area contributed by atoms with Gasteiger partial charge in [-0.3, -0.25) is 4.57 Å². The van der Waals surface area contributed by atoms with Crippen LogP contribution in [0.25, 0.3) is 28.6 Å². The van der Waals surface area contributed by atoms with Crippen molar-refractivity contribution in [3.8, 4) is 28.5 Å². The molecule has 0 fully saturated rings. The molecule has 3 aromatic carbocycles. The molecule has 5 rings (SSSR count). The van der Waals surface area contributed by atoms with Crippen molar-refractivity contribution >= 4 is 23.2 Å². The average molecular weight is 623 g/mol. The van der Waals surface area contributed by atoms with E-state index in [2.05, 4.69) is 37.3 Å².